The number of carbonyl (C=O) groups is 1. The molecule has 0 bridgehead atoms. The Morgan fingerprint density at radius 3 is 2.62 bits per heavy atom. The van der Waals surface area contributed by atoms with Crippen molar-refractivity contribution in [3.8, 4) is 0 Å². The summed E-state index contributed by atoms with van der Waals surface area (Å²) in [5, 5.41) is 3.17. The summed E-state index contributed by atoms with van der Waals surface area (Å²) >= 11 is 0. The maximum atomic E-state index is 13.4. The summed E-state index contributed by atoms with van der Waals surface area (Å²) in [5.74, 6) is -0.235. The fraction of sp³-hybridized carbons (Fsp3) is 0.263. The van der Waals surface area contributed by atoms with Crippen molar-refractivity contribution in [2.45, 2.75) is 32.1 Å². The third-order valence-corrected chi connectivity index (χ3v) is 4.02. The fourth-order valence-electron chi connectivity index (χ4n) is 2.93. The van der Waals surface area contributed by atoms with Gasteiger partial charge in [0.15, 0.2) is 0 Å². The van der Waals surface area contributed by atoms with Crippen LogP contribution in [0.4, 0.5) is 13.2 Å². The van der Waals surface area contributed by atoms with Crippen LogP contribution in [-0.4, -0.2) is 21.5 Å². The van der Waals surface area contributed by atoms with Crippen LogP contribution in [0.15, 0.2) is 54.7 Å². The first kappa shape index (κ1) is 18.0. The molecule has 0 saturated carbocycles. The van der Waals surface area contributed by atoms with E-state index in [9.17, 15) is 18.0 Å². The Morgan fingerprint density at radius 1 is 1.19 bits per heavy atom. The molecule has 1 amide bonds. The largest absolute Gasteiger partial charge is 0.431 e. The first-order valence-corrected chi connectivity index (χ1v) is 8.19. The lowest BCUT2D eigenvalue weighted by Crippen LogP contribution is -2.37. The van der Waals surface area contributed by atoms with Gasteiger partial charge in [-0.3, -0.25) is 4.79 Å². The van der Waals surface area contributed by atoms with Crippen LogP contribution in [0.1, 0.15) is 18.2 Å². The minimum atomic E-state index is -4.49. The molecular formula is C19H18F3N3O. The summed E-state index contributed by atoms with van der Waals surface area (Å²) in [5.41, 5.74) is 0.334. The van der Waals surface area contributed by atoms with Gasteiger partial charge < -0.3 is 9.88 Å². The van der Waals surface area contributed by atoms with Crippen LogP contribution >= 0.6 is 0 Å². The van der Waals surface area contributed by atoms with E-state index in [0.29, 0.717) is 5.39 Å². The zero-order valence-corrected chi connectivity index (χ0v) is 14.1. The predicted octanol–water partition coefficient (Wildman–Crippen LogP) is 3.80. The molecule has 0 radical (unpaired) electrons. The van der Waals surface area contributed by atoms with E-state index >= 15 is 0 Å². The summed E-state index contributed by atoms with van der Waals surface area (Å²) in [7, 11) is 0. The highest BCUT2D eigenvalue weighted by molar-refractivity contribution is 5.79. The Kier molecular flexibility index (Phi) is 4.97. The van der Waals surface area contributed by atoms with E-state index in [2.05, 4.69) is 10.3 Å². The molecule has 0 aliphatic carbocycles. The Morgan fingerprint density at radius 2 is 1.92 bits per heavy atom. The molecule has 0 aliphatic heterocycles. The Bertz CT molecular complexity index is 903. The maximum absolute atomic E-state index is 13.4. The van der Waals surface area contributed by atoms with E-state index in [0.717, 1.165) is 16.2 Å². The second kappa shape index (κ2) is 7.19. The molecule has 0 saturated heterocycles. The van der Waals surface area contributed by atoms with E-state index in [1.165, 1.54) is 6.20 Å². The molecule has 0 fully saturated rings. The highest BCUT2D eigenvalue weighted by Crippen LogP contribution is 2.33. The molecule has 0 aliphatic rings. The lowest BCUT2D eigenvalue weighted by atomic mass is 10.1. The van der Waals surface area contributed by atoms with Crippen LogP contribution in [0.3, 0.4) is 0 Å². The molecule has 1 atom stereocenters. The van der Waals surface area contributed by atoms with Crippen LogP contribution in [0, 0.1) is 0 Å². The van der Waals surface area contributed by atoms with Crippen LogP contribution in [-0.2, 0) is 23.9 Å². The molecule has 2 heterocycles. The molecule has 3 aromatic rings. The number of alkyl halides is 3. The average Bonchev–Trinajstić information content (AvgIpc) is 2.94. The van der Waals surface area contributed by atoms with Crippen molar-refractivity contribution in [3.05, 3.63) is 66.0 Å². The standard InChI is InChI=1S/C19H18F3N3O/c1-13(24-17(26)10-14-6-3-2-4-7-14)12-25-16(19(20,21)22)11-15-8-5-9-23-18(15)25/h2-9,11,13H,10,12H2,1H3,(H,24,26)/t13-/m0/s1. The third-order valence-electron chi connectivity index (χ3n) is 4.02. The summed E-state index contributed by atoms with van der Waals surface area (Å²) in [6.45, 7) is 1.66. The smallest absolute Gasteiger partial charge is 0.352 e. The van der Waals surface area contributed by atoms with Crippen molar-refractivity contribution >= 4 is 16.9 Å². The molecule has 1 aromatic carbocycles. The van der Waals surface area contributed by atoms with Gasteiger partial charge in [0.2, 0.25) is 5.91 Å². The quantitative estimate of drug-likeness (QED) is 0.751. The number of nitrogens with zero attached hydrogens (tertiary/aromatic N) is 2. The van der Waals surface area contributed by atoms with E-state index in [1.54, 1.807) is 19.1 Å². The van der Waals surface area contributed by atoms with Crippen LogP contribution in [0.5, 0.6) is 0 Å². The Labute approximate surface area is 148 Å². The molecule has 3 rings (SSSR count). The zero-order valence-electron chi connectivity index (χ0n) is 14.1. The summed E-state index contributed by atoms with van der Waals surface area (Å²) in [4.78, 5) is 16.2. The predicted molar refractivity (Wildman–Crippen MR) is 92.5 cm³/mol. The molecule has 4 nitrogen and oxygen atoms in total. The van der Waals surface area contributed by atoms with Crippen molar-refractivity contribution in [1.82, 2.24) is 14.9 Å². The van der Waals surface area contributed by atoms with E-state index in [1.807, 2.05) is 30.3 Å². The number of pyridine rings is 1. The first-order valence-electron chi connectivity index (χ1n) is 8.19. The van der Waals surface area contributed by atoms with Gasteiger partial charge in [-0.25, -0.2) is 4.98 Å². The number of fused-ring (bicyclic) bond motifs is 1. The lowest BCUT2D eigenvalue weighted by Gasteiger charge is -2.18. The molecule has 2 aromatic heterocycles. The SMILES string of the molecule is C[C@@H](Cn1c(C(F)(F)F)cc2cccnc21)NC(=O)Cc1ccccc1. The van der Waals surface area contributed by atoms with Crippen molar-refractivity contribution in [1.29, 1.82) is 0 Å². The second-order valence-electron chi connectivity index (χ2n) is 6.19. The molecule has 0 unspecified atom stereocenters. The Hall–Kier alpha value is -2.83. The van der Waals surface area contributed by atoms with Gasteiger partial charge in [0, 0.05) is 24.2 Å². The maximum Gasteiger partial charge on any atom is 0.431 e. The van der Waals surface area contributed by atoms with Gasteiger partial charge >= 0.3 is 6.18 Å². The minimum Gasteiger partial charge on any atom is -0.352 e. The number of benzene rings is 1. The van der Waals surface area contributed by atoms with Crippen LogP contribution in [0.25, 0.3) is 11.0 Å². The van der Waals surface area contributed by atoms with E-state index in [4.69, 9.17) is 0 Å². The van der Waals surface area contributed by atoms with Gasteiger partial charge in [0.1, 0.15) is 11.3 Å². The molecule has 0 spiro atoms. The number of carbonyl (C=O) groups excluding carboxylic acids is 1. The number of nitrogens with one attached hydrogen (secondary N) is 1. The summed E-state index contributed by atoms with van der Waals surface area (Å²) in [6, 6.07) is 13.0. The number of hydrogen-bond donors (Lipinski definition) is 1. The lowest BCUT2D eigenvalue weighted by molar-refractivity contribution is -0.143. The molecule has 7 heteroatoms. The molecule has 1 N–H and O–H groups in total. The number of aromatic nitrogens is 2. The van der Waals surface area contributed by atoms with Crippen LogP contribution in [0.2, 0.25) is 0 Å². The van der Waals surface area contributed by atoms with E-state index < -0.39 is 17.9 Å². The van der Waals surface area contributed by atoms with Gasteiger partial charge in [0.05, 0.1) is 6.42 Å². The van der Waals surface area contributed by atoms with Crippen LogP contribution < -0.4 is 5.32 Å². The average molecular weight is 361 g/mol. The van der Waals surface area contributed by atoms with Gasteiger partial charge in [-0.2, -0.15) is 13.2 Å². The normalized spacial score (nSPS) is 12.9. The first-order chi connectivity index (χ1) is 12.3. The second-order valence-corrected chi connectivity index (χ2v) is 6.19. The monoisotopic (exact) mass is 361 g/mol. The van der Waals surface area contributed by atoms with Gasteiger partial charge in [-0.1, -0.05) is 30.3 Å². The van der Waals surface area contributed by atoms with E-state index in [-0.39, 0.29) is 24.5 Å². The molecular weight excluding hydrogens is 343 g/mol. The minimum absolute atomic E-state index is 0.0180. The molecule has 26 heavy (non-hydrogen) atoms. The molecule has 136 valence electrons. The summed E-state index contributed by atoms with van der Waals surface area (Å²) < 4.78 is 41.2. The Balaban J connectivity index is 1.76. The third kappa shape index (κ3) is 4.04. The highest BCUT2D eigenvalue weighted by Gasteiger charge is 2.36. The topological polar surface area (TPSA) is 46.9 Å². The zero-order chi connectivity index (χ0) is 18.7. The van der Waals surface area contributed by atoms with Crippen molar-refractivity contribution in [2.75, 3.05) is 0 Å². The van der Waals surface area contributed by atoms with Crippen molar-refractivity contribution in [2.24, 2.45) is 0 Å². The van der Waals surface area contributed by atoms with Crippen molar-refractivity contribution < 1.29 is 18.0 Å². The number of rotatable bonds is 5. The fourth-order valence-corrected chi connectivity index (χ4v) is 2.93. The number of halogens is 3. The summed E-state index contributed by atoms with van der Waals surface area (Å²) in [6.07, 6.45) is -2.85. The van der Waals surface area contributed by atoms with Gasteiger partial charge in [-0.05, 0) is 30.7 Å². The van der Waals surface area contributed by atoms with Gasteiger partial charge in [-0.15, -0.1) is 0 Å². The number of hydrogen-bond acceptors (Lipinski definition) is 2. The van der Waals surface area contributed by atoms with Crippen molar-refractivity contribution in [3.63, 3.8) is 0 Å². The highest BCUT2D eigenvalue weighted by atomic mass is 19.4. The number of amides is 1. The van der Waals surface area contributed by atoms with Gasteiger partial charge in [0.25, 0.3) is 0 Å².